The largest absolute Gasteiger partial charge is 0.379 e. The normalized spacial score (nSPS) is 15.4. The fourth-order valence-corrected chi connectivity index (χ4v) is 3.84. The van der Waals surface area contributed by atoms with Gasteiger partial charge in [-0.05, 0) is 35.9 Å². The summed E-state index contributed by atoms with van der Waals surface area (Å²) in [6, 6.07) is 13.8. The number of nitrogens with one attached hydrogen (secondary N) is 1. The first-order chi connectivity index (χ1) is 13.0. The highest BCUT2D eigenvalue weighted by molar-refractivity contribution is 7.91. The first-order valence-corrected chi connectivity index (χ1v) is 10.7. The van der Waals surface area contributed by atoms with Crippen LogP contribution in [-0.2, 0) is 21.1 Å². The van der Waals surface area contributed by atoms with E-state index in [2.05, 4.69) is 10.2 Å². The molecule has 2 aromatic rings. The number of nitrogens with zero attached hydrogens (tertiary/aromatic N) is 1. The van der Waals surface area contributed by atoms with E-state index in [-0.39, 0.29) is 16.6 Å². The van der Waals surface area contributed by atoms with Crippen LogP contribution in [0.15, 0.2) is 53.4 Å². The number of ether oxygens (including phenoxy) is 1. The molecule has 0 aliphatic carbocycles. The second-order valence-corrected chi connectivity index (χ2v) is 8.71. The van der Waals surface area contributed by atoms with E-state index >= 15 is 0 Å². The average molecular weight is 388 g/mol. The van der Waals surface area contributed by atoms with Gasteiger partial charge in [0.05, 0.1) is 23.9 Å². The zero-order valence-electron chi connectivity index (χ0n) is 15.3. The number of sulfone groups is 1. The standard InChI is InChI=1S/C20H24N2O4S/c1-2-27(24,25)18-9-7-16(8-10-18)20(23)21-19-6-4-3-5-17(19)15-22-11-13-26-14-12-22/h3-10H,2,11-15H2,1H3,(H,21,23). The number of anilines is 1. The molecule has 144 valence electrons. The van der Waals surface area contributed by atoms with Crippen LogP contribution in [0.4, 0.5) is 5.69 Å². The third-order valence-electron chi connectivity index (χ3n) is 4.62. The van der Waals surface area contributed by atoms with Crippen molar-refractivity contribution in [1.82, 2.24) is 4.90 Å². The predicted molar refractivity (Wildman–Crippen MR) is 105 cm³/mol. The zero-order chi connectivity index (χ0) is 19.3. The molecule has 1 amide bonds. The quantitative estimate of drug-likeness (QED) is 0.823. The lowest BCUT2D eigenvalue weighted by Gasteiger charge is -2.27. The minimum atomic E-state index is -3.27. The fourth-order valence-electron chi connectivity index (χ4n) is 2.96. The Balaban J connectivity index is 1.72. The Morgan fingerprint density at radius 3 is 2.41 bits per heavy atom. The first-order valence-electron chi connectivity index (χ1n) is 9.02. The highest BCUT2D eigenvalue weighted by atomic mass is 32.2. The first kappa shape index (κ1) is 19.5. The summed E-state index contributed by atoms with van der Waals surface area (Å²) in [6.45, 7) is 5.53. The molecule has 0 atom stereocenters. The molecule has 0 unspecified atom stereocenters. The Kier molecular flexibility index (Phi) is 6.26. The van der Waals surface area contributed by atoms with Crippen LogP contribution in [0.3, 0.4) is 0 Å². The van der Waals surface area contributed by atoms with Crippen molar-refractivity contribution in [1.29, 1.82) is 0 Å². The summed E-state index contributed by atoms with van der Waals surface area (Å²) in [4.78, 5) is 15.1. The molecular weight excluding hydrogens is 364 g/mol. The van der Waals surface area contributed by atoms with Gasteiger partial charge in [-0.25, -0.2) is 8.42 Å². The lowest BCUT2D eigenvalue weighted by atomic mass is 10.1. The van der Waals surface area contributed by atoms with Gasteiger partial charge >= 0.3 is 0 Å². The van der Waals surface area contributed by atoms with Gasteiger partial charge in [0.25, 0.3) is 5.91 Å². The van der Waals surface area contributed by atoms with Crippen molar-refractivity contribution in [2.24, 2.45) is 0 Å². The number of carbonyl (C=O) groups is 1. The van der Waals surface area contributed by atoms with Gasteiger partial charge in [0.2, 0.25) is 0 Å². The maximum Gasteiger partial charge on any atom is 0.255 e. The molecule has 1 aliphatic heterocycles. The summed E-state index contributed by atoms with van der Waals surface area (Å²) in [6.07, 6.45) is 0. The van der Waals surface area contributed by atoms with Gasteiger partial charge in [-0.3, -0.25) is 9.69 Å². The molecule has 0 bridgehead atoms. The van der Waals surface area contributed by atoms with Crippen molar-refractivity contribution in [3.05, 3.63) is 59.7 Å². The van der Waals surface area contributed by atoms with E-state index in [0.717, 1.165) is 44.1 Å². The second kappa shape index (κ2) is 8.65. The summed E-state index contributed by atoms with van der Waals surface area (Å²) in [5.74, 6) is -0.224. The molecule has 1 fully saturated rings. The fraction of sp³-hybridized carbons (Fsp3) is 0.350. The zero-order valence-corrected chi connectivity index (χ0v) is 16.2. The Bertz CT molecular complexity index is 888. The van der Waals surface area contributed by atoms with Crippen LogP contribution in [0.25, 0.3) is 0 Å². The number of hydrogen-bond donors (Lipinski definition) is 1. The summed E-state index contributed by atoms with van der Waals surface area (Å²) >= 11 is 0. The summed E-state index contributed by atoms with van der Waals surface area (Å²) < 4.78 is 29.2. The van der Waals surface area contributed by atoms with Crippen LogP contribution in [0, 0.1) is 0 Å². The molecule has 1 heterocycles. The molecule has 0 spiro atoms. The van der Waals surface area contributed by atoms with Gasteiger partial charge in [-0.1, -0.05) is 25.1 Å². The number of morpholine rings is 1. The predicted octanol–water partition coefficient (Wildman–Crippen LogP) is 2.56. The van der Waals surface area contributed by atoms with Crippen LogP contribution in [0.5, 0.6) is 0 Å². The van der Waals surface area contributed by atoms with Crippen LogP contribution >= 0.6 is 0 Å². The third-order valence-corrected chi connectivity index (χ3v) is 6.37. The van der Waals surface area contributed by atoms with Crippen LogP contribution < -0.4 is 5.32 Å². The van der Waals surface area contributed by atoms with E-state index in [9.17, 15) is 13.2 Å². The van der Waals surface area contributed by atoms with Gasteiger partial charge in [0.1, 0.15) is 0 Å². The molecular formula is C20H24N2O4S. The average Bonchev–Trinajstić information content (AvgIpc) is 2.70. The Labute approximate surface area is 160 Å². The van der Waals surface area contributed by atoms with Gasteiger partial charge < -0.3 is 10.1 Å². The van der Waals surface area contributed by atoms with Gasteiger partial charge in [0, 0.05) is 30.9 Å². The molecule has 3 rings (SSSR count). The van der Waals surface area contributed by atoms with Crippen LogP contribution in [-0.4, -0.2) is 51.3 Å². The Hall–Kier alpha value is -2.22. The molecule has 7 heteroatoms. The Morgan fingerprint density at radius 2 is 1.74 bits per heavy atom. The van der Waals surface area contributed by atoms with Crippen LogP contribution in [0.2, 0.25) is 0 Å². The maximum atomic E-state index is 12.6. The highest BCUT2D eigenvalue weighted by Gasteiger charge is 2.16. The number of rotatable bonds is 6. The topological polar surface area (TPSA) is 75.7 Å². The molecule has 6 nitrogen and oxygen atoms in total. The number of hydrogen-bond acceptors (Lipinski definition) is 5. The Morgan fingerprint density at radius 1 is 1.07 bits per heavy atom. The van der Waals surface area contributed by atoms with E-state index < -0.39 is 9.84 Å². The smallest absolute Gasteiger partial charge is 0.255 e. The van der Waals surface area contributed by atoms with Crippen molar-refractivity contribution < 1.29 is 17.9 Å². The molecule has 1 saturated heterocycles. The van der Waals surface area contributed by atoms with Gasteiger partial charge in [-0.15, -0.1) is 0 Å². The van der Waals surface area contributed by atoms with Crippen molar-refractivity contribution in [2.75, 3.05) is 37.4 Å². The lowest BCUT2D eigenvalue weighted by molar-refractivity contribution is 0.0342. The minimum Gasteiger partial charge on any atom is -0.379 e. The van der Waals surface area contributed by atoms with Crippen LogP contribution in [0.1, 0.15) is 22.8 Å². The number of carbonyl (C=O) groups excluding carboxylic acids is 1. The highest BCUT2D eigenvalue weighted by Crippen LogP contribution is 2.20. The van der Waals surface area contributed by atoms with E-state index in [1.807, 2.05) is 24.3 Å². The minimum absolute atomic E-state index is 0.0352. The third kappa shape index (κ3) is 4.94. The van der Waals surface area contributed by atoms with Gasteiger partial charge in [0.15, 0.2) is 9.84 Å². The van der Waals surface area contributed by atoms with E-state index in [1.54, 1.807) is 19.1 Å². The van der Waals surface area contributed by atoms with E-state index in [4.69, 9.17) is 4.74 Å². The number of para-hydroxylation sites is 1. The monoisotopic (exact) mass is 388 g/mol. The summed E-state index contributed by atoms with van der Waals surface area (Å²) in [7, 11) is -3.27. The van der Waals surface area contributed by atoms with Crippen molar-refractivity contribution >= 4 is 21.4 Å². The number of benzene rings is 2. The van der Waals surface area contributed by atoms with Gasteiger partial charge in [-0.2, -0.15) is 0 Å². The maximum absolute atomic E-state index is 12.6. The molecule has 0 saturated carbocycles. The summed E-state index contributed by atoms with van der Waals surface area (Å²) in [5, 5.41) is 2.94. The molecule has 0 radical (unpaired) electrons. The molecule has 2 aromatic carbocycles. The molecule has 0 aromatic heterocycles. The SMILES string of the molecule is CCS(=O)(=O)c1ccc(C(=O)Nc2ccccc2CN2CCOCC2)cc1. The molecule has 1 aliphatic rings. The van der Waals surface area contributed by atoms with Crippen molar-refractivity contribution in [3.63, 3.8) is 0 Å². The number of amides is 1. The van der Waals surface area contributed by atoms with E-state index in [1.165, 1.54) is 12.1 Å². The van der Waals surface area contributed by atoms with E-state index in [0.29, 0.717) is 5.56 Å². The second-order valence-electron chi connectivity index (χ2n) is 6.43. The lowest BCUT2D eigenvalue weighted by Crippen LogP contribution is -2.35. The van der Waals surface area contributed by atoms with Crippen molar-refractivity contribution in [2.45, 2.75) is 18.4 Å². The molecule has 27 heavy (non-hydrogen) atoms. The molecule has 1 N–H and O–H groups in total. The van der Waals surface area contributed by atoms with Crippen molar-refractivity contribution in [3.8, 4) is 0 Å². The summed E-state index contributed by atoms with van der Waals surface area (Å²) in [5.41, 5.74) is 2.23.